The van der Waals surface area contributed by atoms with Crippen molar-refractivity contribution in [2.75, 3.05) is 27.2 Å². The van der Waals surface area contributed by atoms with E-state index in [0.717, 1.165) is 18.8 Å². The van der Waals surface area contributed by atoms with Gasteiger partial charge in [0, 0.05) is 31.5 Å². The van der Waals surface area contributed by atoms with E-state index in [0.29, 0.717) is 24.3 Å². The Morgan fingerprint density at radius 1 is 1.41 bits per heavy atom. The fourth-order valence-corrected chi connectivity index (χ4v) is 3.07. The lowest BCUT2D eigenvalue weighted by atomic mass is 10.1. The number of nitrogens with zero attached hydrogens (tertiary/aromatic N) is 4. The van der Waals surface area contributed by atoms with Crippen molar-refractivity contribution in [3.8, 4) is 0 Å². The van der Waals surface area contributed by atoms with Crippen LogP contribution in [0.1, 0.15) is 23.2 Å². The molecule has 0 spiro atoms. The molecule has 6 nitrogen and oxygen atoms in total. The third-order valence-corrected chi connectivity index (χ3v) is 4.27. The van der Waals surface area contributed by atoms with Crippen molar-refractivity contribution in [2.45, 2.75) is 19.5 Å². The Balaban J connectivity index is 1.67. The first-order chi connectivity index (χ1) is 10.5. The van der Waals surface area contributed by atoms with Crippen molar-refractivity contribution in [3.63, 3.8) is 0 Å². The summed E-state index contributed by atoms with van der Waals surface area (Å²) in [5.41, 5.74) is 0. The zero-order chi connectivity index (χ0) is 15.7. The highest BCUT2D eigenvalue weighted by atomic mass is 16.4. The van der Waals surface area contributed by atoms with E-state index >= 15 is 0 Å². The molecule has 1 saturated heterocycles. The van der Waals surface area contributed by atoms with Crippen LogP contribution in [-0.4, -0.2) is 58.7 Å². The van der Waals surface area contributed by atoms with Gasteiger partial charge in [-0.3, -0.25) is 9.48 Å². The van der Waals surface area contributed by atoms with Crippen LogP contribution in [-0.2, 0) is 6.54 Å². The van der Waals surface area contributed by atoms with Gasteiger partial charge in [0.15, 0.2) is 5.76 Å². The second-order valence-corrected chi connectivity index (χ2v) is 6.19. The molecule has 1 aliphatic heterocycles. The third-order valence-electron chi connectivity index (χ3n) is 4.27. The number of furan rings is 1. The Kier molecular flexibility index (Phi) is 4.02. The predicted molar refractivity (Wildman–Crippen MR) is 82.6 cm³/mol. The van der Waals surface area contributed by atoms with E-state index < -0.39 is 0 Å². The zero-order valence-electron chi connectivity index (χ0n) is 13.3. The summed E-state index contributed by atoms with van der Waals surface area (Å²) in [4.78, 5) is 16.6. The topological polar surface area (TPSA) is 54.5 Å². The van der Waals surface area contributed by atoms with Crippen LogP contribution in [0.3, 0.4) is 0 Å². The molecule has 0 radical (unpaired) electrons. The fraction of sp³-hybridized carbons (Fsp3) is 0.500. The lowest BCUT2D eigenvalue weighted by molar-refractivity contribution is 0.0747. The van der Waals surface area contributed by atoms with Crippen molar-refractivity contribution < 1.29 is 9.21 Å². The van der Waals surface area contributed by atoms with Gasteiger partial charge in [-0.1, -0.05) is 6.92 Å². The van der Waals surface area contributed by atoms with Crippen LogP contribution in [0.25, 0.3) is 0 Å². The summed E-state index contributed by atoms with van der Waals surface area (Å²) in [6.45, 7) is 4.25. The maximum Gasteiger partial charge on any atom is 0.289 e. The molecule has 1 aliphatic rings. The molecule has 3 rings (SSSR count). The highest BCUT2D eigenvalue weighted by molar-refractivity contribution is 5.91. The summed E-state index contributed by atoms with van der Waals surface area (Å²) < 4.78 is 7.47. The van der Waals surface area contributed by atoms with Crippen LogP contribution >= 0.6 is 0 Å². The van der Waals surface area contributed by atoms with Gasteiger partial charge >= 0.3 is 0 Å². The first kappa shape index (κ1) is 14.8. The highest BCUT2D eigenvalue weighted by Gasteiger charge is 2.34. The standard InChI is InChI=1S/C16H22N4O2/c1-12-9-19(11-14(12)18(2)3)16(21)15-6-5-13(22-15)10-20-8-4-7-17-20/h4-8,12,14H,9-11H2,1-3H3/t12-,14-/m1/s1. The van der Waals surface area contributed by atoms with Gasteiger partial charge in [0.05, 0.1) is 6.54 Å². The molecule has 22 heavy (non-hydrogen) atoms. The molecular formula is C16H22N4O2. The second kappa shape index (κ2) is 5.96. The zero-order valence-corrected chi connectivity index (χ0v) is 13.3. The van der Waals surface area contributed by atoms with Gasteiger partial charge in [0.25, 0.3) is 5.91 Å². The lowest BCUT2D eigenvalue weighted by Crippen LogP contribution is -2.35. The molecule has 118 valence electrons. The van der Waals surface area contributed by atoms with E-state index in [4.69, 9.17) is 4.42 Å². The number of amides is 1. The minimum absolute atomic E-state index is 0.0251. The summed E-state index contributed by atoms with van der Waals surface area (Å²) in [5, 5.41) is 4.14. The molecular weight excluding hydrogens is 280 g/mol. The van der Waals surface area contributed by atoms with Gasteiger partial charge in [-0.25, -0.2) is 0 Å². The van der Waals surface area contributed by atoms with Crippen molar-refractivity contribution in [1.82, 2.24) is 19.6 Å². The lowest BCUT2D eigenvalue weighted by Gasteiger charge is -2.22. The average Bonchev–Trinajstić information content (AvgIpc) is 3.19. The van der Waals surface area contributed by atoms with Crippen LogP contribution < -0.4 is 0 Å². The number of likely N-dealkylation sites (tertiary alicyclic amines) is 1. The van der Waals surface area contributed by atoms with Gasteiger partial charge in [-0.05, 0) is 38.2 Å². The molecule has 6 heteroatoms. The summed E-state index contributed by atoms with van der Waals surface area (Å²) in [7, 11) is 4.12. The molecule has 0 unspecified atom stereocenters. The Morgan fingerprint density at radius 2 is 2.23 bits per heavy atom. The van der Waals surface area contributed by atoms with E-state index in [1.807, 2.05) is 23.2 Å². The van der Waals surface area contributed by atoms with Crippen LogP contribution in [0.15, 0.2) is 35.0 Å². The van der Waals surface area contributed by atoms with Crippen LogP contribution in [0.4, 0.5) is 0 Å². The van der Waals surface area contributed by atoms with E-state index in [1.165, 1.54) is 0 Å². The number of carbonyl (C=O) groups excluding carboxylic acids is 1. The van der Waals surface area contributed by atoms with Crippen LogP contribution in [0, 0.1) is 5.92 Å². The number of likely N-dealkylation sites (N-methyl/N-ethyl adjacent to an activating group) is 1. The minimum atomic E-state index is -0.0251. The first-order valence-corrected chi connectivity index (χ1v) is 7.56. The van der Waals surface area contributed by atoms with Gasteiger partial charge in [-0.15, -0.1) is 0 Å². The van der Waals surface area contributed by atoms with Crippen molar-refractivity contribution >= 4 is 5.91 Å². The van der Waals surface area contributed by atoms with Crippen LogP contribution in [0.2, 0.25) is 0 Å². The molecule has 0 N–H and O–H groups in total. The molecule has 0 aliphatic carbocycles. The second-order valence-electron chi connectivity index (χ2n) is 6.19. The molecule has 0 bridgehead atoms. The Hall–Kier alpha value is -2.08. The molecule has 2 atom stereocenters. The monoisotopic (exact) mass is 302 g/mol. The van der Waals surface area contributed by atoms with E-state index in [1.54, 1.807) is 16.9 Å². The maximum absolute atomic E-state index is 12.6. The number of rotatable bonds is 4. The van der Waals surface area contributed by atoms with Crippen molar-refractivity contribution in [3.05, 3.63) is 42.1 Å². The van der Waals surface area contributed by atoms with Gasteiger partial charge in [0.2, 0.25) is 0 Å². The maximum atomic E-state index is 12.6. The number of carbonyl (C=O) groups is 1. The summed E-state index contributed by atoms with van der Waals surface area (Å²) in [5.74, 6) is 1.59. The largest absolute Gasteiger partial charge is 0.454 e. The molecule has 0 saturated carbocycles. The van der Waals surface area contributed by atoms with Crippen LogP contribution in [0.5, 0.6) is 0 Å². The highest BCUT2D eigenvalue weighted by Crippen LogP contribution is 2.22. The SMILES string of the molecule is C[C@@H]1CN(C(=O)c2ccc(Cn3cccn3)o2)C[C@H]1N(C)C. The number of aromatic nitrogens is 2. The Morgan fingerprint density at radius 3 is 2.86 bits per heavy atom. The van der Waals surface area contributed by atoms with Gasteiger partial charge < -0.3 is 14.2 Å². The van der Waals surface area contributed by atoms with Gasteiger partial charge in [-0.2, -0.15) is 5.10 Å². The van der Waals surface area contributed by atoms with E-state index in [9.17, 15) is 4.79 Å². The number of hydrogen-bond donors (Lipinski definition) is 0. The summed E-state index contributed by atoms with van der Waals surface area (Å²) >= 11 is 0. The van der Waals surface area contributed by atoms with Gasteiger partial charge in [0.1, 0.15) is 5.76 Å². The quantitative estimate of drug-likeness (QED) is 0.860. The fourth-order valence-electron chi connectivity index (χ4n) is 3.07. The normalized spacial score (nSPS) is 21.7. The Labute approximate surface area is 130 Å². The number of hydrogen-bond acceptors (Lipinski definition) is 4. The van der Waals surface area contributed by atoms with E-state index in [-0.39, 0.29) is 5.91 Å². The molecule has 1 fully saturated rings. The molecule has 2 aromatic rings. The smallest absolute Gasteiger partial charge is 0.289 e. The first-order valence-electron chi connectivity index (χ1n) is 7.56. The van der Waals surface area contributed by atoms with E-state index in [2.05, 4.69) is 31.0 Å². The summed E-state index contributed by atoms with van der Waals surface area (Å²) in [6.07, 6.45) is 3.59. The molecule has 0 aromatic carbocycles. The third kappa shape index (κ3) is 2.92. The minimum Gasteiger partial charge on any atom is -0.454 e. The predicted octanol–water partition coefficient (Wildman–Crippen LogP) is 1.55. The van der Waals surface area contributed by atoms with Crippen molar-refractivity contribution in [2.24, 2.45) is 5.92 Å². The average molecular weight is 302 g/mol. The molecule has 1 amide bonds. The molecule has 3 heterocycles. The van der Waals surface area contributed by atoms with Crippen molar-refractivity contribution in [1.29, 1.82) is 0 Å². The Bertz CT molecular complexity index is 632. The summed E-state index contributed by atoms with van der Waals surface area (Å²) in [6, 6.07) is 5.87. The molecule has 2 aromatic heterocycles.